The molecule has 0 radical (unpaired) electrons. The first kappa shape index (κ1) is 19.7. The monoisotopic (exact) mass is 354 g/mol. The van der Waals surface area contributed by atoms with E-state index in [1.54, 1.807) is 36.4 Å². The number of carbonyl (C=O) groups is 2. The fraction of sp³-hybridized carbons (Fsp3) is 0.364. The maximum atomic E-state index is 12.8. The van der Waals surface area contributed by atoms with Crippen molar-refractivity contribution in [3.8, 4) is 0 Å². The normalized spacial score (nSPS) is 11.6. The lowest BCUT2D eigenvalue weighted by Crippen LogP contribution is -2.21. The van der Waals surface area contributed by atoms with Crippen molar-refractivity contribution in [3.63, 3.8) is 0 Å². The zero-order chi connectivity index (χ0) is 18.6. The molecule has 0 aliphatic carbocycles. The van der Waals surface area contributed by atoms with Crippen LogP contribution in [0, 0.1) is 0 Å². The van der Waals surface area contributed by atoms with Crippen LogP contribution in [0.3, 0.4) is 0 Å². The highest BCUT2D eigenvalue weighted by Crippen LogP contribution is 2.23. The van der Waals surface area contributed by atoms with Crippen molar-refractivity contribution < 1.29 is 19.1 Å². The van der Waals surface area contributed by atoms with E-state index in [9.17, 15) is 9.59 Å². The molecule has 0 N–H and O–H groups in total. The van der Waals surface area contributed by atoms with Gasteiger partial charge in [-0.15, -0.1) is 0 Å². The molecule has 2 aromatic carbocycles. The first-order valence-corrected chi connectivity index (χ1v) is 9.20. The topological polar surface area (TPSA) is 52.6 Å². The van der Waals surface area contributed by atoms with Crippen molar-refractivity contribution in [2.75, 3.05) is 6.61 Å². The van der Waals surface area contributed by atoms with Crippen LogP contribution in [-0.4, -0.2) is 18.5 Å². The molecular formula is C22H26O4. The number of hydrogen-bond donors (Lipinski definition) is 0. The molecule has 0 bridgehead atoms. The van der Waals surface area contributed by atoms with E-state index in [1.807, 2.05) is 24.3 Å². The average Bonchev–Trinajstić information content (AvgIpc) is 2.69. The molecular weight excluding hydrogens is 328 g/mol. The van der Waals surface area contributed by atoms with Gasteiger partial charge in [-0.25, -0.2) is 4.79 Å². The maximum absolute atomic E-state index is 12.8. The van der Waals surface area contributed by atoms with Crippen LogP contribution < -0.4 is 0 Å². The second-order valence-corrected chi connectivity index (χ2v) is 6.15. The van der Waals surface area contributed by atoms with Crippen molar-refractivity contribution >= 4 is 11.9 Å². The van der Waals surface area contributed by atoms with Gasteiger partial charge in [0.05, 0.1) is 6.61 Å². The van der Waals surface area contributed by atoms with E-state index in [-0.39, 0.29) is 5.78 Å². The molecule has 0 saturated heterocycles. The summed E-state index contributed by atoms with van der Waals surface area (Å²) in [5.74, 6) is -0.267. The SMILES string of the molecule is CCCCCCCOC(=O)OC(C(=O)c1ccccc1)c1ccccc1. The number of benzene rings is 2. The molecule has 26 heavy (non-hydrogen) atoms. The van der Waals surface area contributed by atoms with Crippen LogP contribution in [0.2, 0.25) is 0 Å². The summed E-state index contributed by atoms with van der Waals surface area (Å²) in [5.41, 5.74) is 1.12. The van der Waals surface area contributed by atoms with E-state index < -0.39 is 12.3 Å². The van der Waals surface area contributed by atoms with Gasteiger partial charge in [-0.3, -0.25) is 4.79 Å². The summed E-state index contributed by atoms with van der Waals surface area (Å²) in [6.07, 6.45) is 3.50. The quantitative estimate of drug-likeness (QED) is 0.310. The zero-order valence-electron chi connectivity index (χ0n) is 15.2. The van der Waals surface area contributed by atoms with Crippen LogP contribution in [0.15, 0.2) is 60.7 Å². The van der Waals surface area contributed by atoms with Gasteiger partial charge in [-0.2, -0.15) is 0 Å². The van der Waals surface area contributed by atoms with E-state index >= 15 is 0 Å². The van der Waals surface area contributed by atoms with E-state index in [4.69, 9.17) is 9.47 Å². The molecule has 138 valence electrons. The summed E-state index contributed by atoms with van der Waals surface area (Å²) in [4.78, 5) is 24.9. The summed E-state index contributed by atoms with van der Waals surface area (Å²) in [6.45, 7) is 2.46. The summed E-state index contributed by atoms with van der Waals surface area (Å²) in [5, 5.41) is 0. The van der Waals surface area contributed by atoms with Crippen LogP contribution in [0.25, 0.3) is 0 Å². The maximum Gasteiger partial charge on any atom is 0.509 e. The predicted octanol–water partition coefficient (Wildman–Crippen LogP) is 5.73. The minimum atomic E-state index is -1.01. The third kappa shape index (κ3) is 6.36. The Balaban J connectivity index is 1.97. The summed E-state index contributed by atoms with van der Waals surface area (Å²) in [7, 11) is 0. The number of Topliss-reactive ketones (excluding diaryl/α,β-unsaturated/α-hetero) is 1. The van der Waals surface area contributed by atoms with Gasteiger partial charge in [-0.1, -0.05) is 93.3 Å². The highest BCUT2D eigenvalue weighted by Gasteiger charge is 2.26. The lowest BCUT2D eigenvalue weighted by Gasteiger charge is -2.17. The number of unbranched alkanes of at least 4 members (excludes halogenated alkanes) is 4. The second kappa shape index (κ2) is 11.1. The van der Waals surface area contributed by atoms with E-state index in [1.165, 1.54) is 12.8 Å². The minimum absolute atomic E-state index is 0.267. The van der Waals surface area contributed by atoms with Gasteiger partial charge in [0.15, 0.2) is 6.10 Å². The van der Waals surface area contributed by atoms with Gasteiger partial charge >= 0.3 is 6.16 Å². The first-order chi connectivity index (χ1) is 12.7. The van der Waals surface area contributed by atoms with Crippen LogP contribution >= 0.6 is 0 Å². The zero-order valence-corrected chi connectivity index (χ0v) is 15.2. The molecule has 1 unspecified atom stereocenters. The fourth-order valence-corrected chi connectivity index (χ4v) is 2.65. The smallest absolute Gasteiger partial charge is 0.434 e. The largest absolute Gasteiger partial charge is 0.509 e. The molecule has 0 aromatic heterocycles. The van der Waals surface area contributed by atoms with Gasteiger partial charge in [0, 0.05) is 11.1 Å². The highest BCUT2D eigenvalue weighted by atomic mass is 16.7. The Morgan fingerprint density at radius 2 is 1.46 bits per heavy atom. The molecule has 0 saturated carbocycles. The molecule has 0 fully saturated rings. The highest BCUT2D eigenvalue weighted by molar-refractivity contribution is 6.00. The molecule has 1 atom stereocenters. The van der Waals surface area contributed by atoms with Crippen molar-refractivity contribution in [2.45, 2.75) is 45.1 Å². The third-order valence-corrected chi connectivity index (χ3v) is 4.08. The molecule has 4 heteroatoms. The van der Waals surface area contributed by atoms with Crippen LogP contribution in [0.5, 0.6) is 0 Å². The van der Waals surface area contributed by atoms with Crippen molar-refractivity contribution in [1.29, 1.82) is 0 Å². The Bertz CT molecular complexity index is 667. The van der Waals surface area contributed by atoms with Gasteiger partial charge in [0.25, 0.3) is 0 Å². The standard InChI is InChI=1S/C22H26O4/c1-2-3-4-5-12-17-25-22(24)26-21(19-15-10-7-11-16-19)20(23)18-13-8-6-9-14-18/h6-11,13-16,21H,2-5,12,17H2,1H3. The van der Waals surface area contributed by atoms with Crippen LogP contribution in [0.4, 0.5) is 4.79 Å². The number of hydrogen-bond acceptors (Lipinski definition) is 4. The second-order valence-electron chi connectivity index (χ2n) is 6.15. The minimum Gasteiger partial charge on any atom is -0.434 e. The molecule has 0 aliphatic heterocycles. The summed E-state index contributed by atoms with van der Waals surface area (Å²) >= 11 is 0. The summed E-state index contributed by atoms with van der Waals surface area (Å²) in [6, 6.07) is 17.8. The van der Waals surface area contributed by atoms with Crippen molar-refractivity contribution in [2.24, 2.45) is 0 Å². The predicted molar refractivity (Wildman–Crippen MR) is 101 cm³/mol. The lowest BCUT2D eigenvalue weighted by atomic mass is 10.00. The average molecular weight is 354 g/mol. The van der Waals surface area contributed by atoms with Gasteiger partial charge in [0.1, 0.15) is 0 Å². The Morgan fingerprint density at radius 3 is 2.12 bits per heavy atom. The van der Waals surface area contributed by atoms with Crippen LogP contribution in [-0.2, 0) is 9.47 Å². The molecule has 4 nitrogen and oxygen atoms in total. The van der Waals surface area contributed by atoms with E-state index in [0.29, 0.717) is 17.7 Å². The van der Waals surface area contributed by atoms with Gasteiger partial charge < -0.3 is 9.47 Å². The van der Waals surface area contributed by atoms with Crippen molar-refractivity contribution in [1.82, 2.24) is 0 Å². The molecule has 0 heterocycles. The Morgan fingerprint density at radius 1 is 0.846 bits per heavy atom. The Labute approximate surface area is 155 Å². The van der Waals surface area contributed by atoms with Gasteiger partial charge in [-0.05, 0) is 6.42 Å². The molecule has 2 rings (SSSR count). The van der Waals surface area contributed by atoms with E-state index in [0.717, 1.165) is 19.3 Å². The fourth-order valence-electron chi connectivity index (χ4n) is 2.65. The third-order valence-electron chi connectivity index (χ3n) is 4.08. The number of carbonyl (C=O) groups excluding carboxylic acids is 2. The Hall–Kier alpha value is -2.62. The number of rotatable bonds is 10. The van der Waals surface area contributed by atoms with E-state index in [2.05, 4.69) is 6.92 Å². The van der Waals surface area contributed by atoms with Crippen molar-refractivity contribution in [3.05, 3.63) is 71.8 Å². The molecule has 0 amide bonds. The molecule has 0 spiro atoms. The number of ketones is 1. The first-order valence-electron chi connectivity index (χ1n) is 9.20. The number of ether oxygens (including phenoxy) is 2. The molecule has 2 aromatic rings. The Kier molecular flexibility index (Phi) is 8.40. The van der Waals surface area contributed by atoms with Crippen LogP contribution in [0.1, 0.15) is 61.1 Å². The lowest BCUT2D eigenvalue weighted by molar-refractivity contribution is 0.0215. The molecule has 0 aliphatic rings. The van der Waals surface area contributed by atoms with Gasteiger partial charge in [0.2, 0.25) is 5.78 Å². The summed E-state index contributed by atoms with van der Waals surface area (Å²) < 4.78 is 10.5.